The highest BCUT2D eigenvalue weighted by Gasteiger charge is 2.41. The van der Waals surface area contributed by atoms with Crippen LogP contribution in [0.1, 0.15) is 55.9 Å². The lowest BCUT2D eigenvalue weighted by Gasteiger charge is -2.35. The van der Waals surface area contributed by atoms with Crippen molar-refractivity contribution in [3.05, 3.63) is 11.8 Å². The molecule has 1 spiro atoms. The molecule has 0 aromatic carbocycles. The Morgan fingerprint density at radius 2 is 1.96 bits per heavy atom. The van der Waals surface area contributed by atoms with Crippen LogP contribution in [-0.2, 0) is 18.9 Å². The van der Waals surface area contributed by atoms with Crippen molar-refractivity contribution in [2.75, 3.05) is 39.6 Å². The summed E-state index contributed by atoms with van der Waals surface area (Å²) in [5, 5.41) is 4.51. The van der Waals surface area contributed by atoms with Crippen LogP contribution >= 0.6 is 0 Å². The molecule has 1 saturated heterocycles. The number of carbonyl (C=O) groups excluding carboxylic acids is 1. The molecule has 0 radical (unpaired) electrons. The third kappa shape index (κ3) is 4.36. The number of rotatable bonds is 8. The average molecular weight is 368 g/mol. The maximum Gasteiger partial charge on any atom is 0.345 e. The highest BCUT2D eigenvalue weighted by atomic mass is 16.7. The molecule has 8 heteroatoms. The number of aromatic nitrogens is 2. The van der Waals surface area contributed by atoms with Crippen molar-refractivity contribution in [2.24, 2.45) is 0 Å². The molecule has 0 amide bonds. The van der Waals surface area contributed by atoms with Gasteiger partial charge in [-0.25, -0.2) is 4.79 Å². The molecule has 26 heavy (non-hydrogen) atoms. The van der Waals surface area contributed by atoms with E-state index in [4.69, 9.17) is 23.7 Å². The highest BCUT2D eigenvalue weighted by Crippen LogP contribution is 2.40. The number of hydrogen-bond donors (Lipinski definition) is 0. The van der Waals surface area contributed by atoms with Gasteiger partial charge >= 0.3 is 5.97 Å². The van der Waals surface area contributed by atoms with Gasteiger partial charge in [0.1, 0.15) is 12.2 Å². The van der Waals surface area contributed by atoms with Gasteiger partial charge in [-0.05, 0) is 26.7 Å². The highest BCUT2D eigenvalue weighted by molar-refractivity contribution is 5.91. The van der Waals surface area contributed by atoms with Gasteiger partial charge in [0, 0.05) is 25.6 Å². The first-order chi connectivity index (χ1) is 12.7. The minimum absolute atomic E-state index is 0.186. The largest absolute Gasteiger partial charge is 0.474 e. The molecule has 2 aliphatic rings. The Kier molecular flexibility index (Phi) is 6.50. The second-order valence-electron chi connectivity index (χ2n) is 6.43. The third-order valence-corrected chi connectivity index (χ3v) is 4.77. The summed E-state index contributed by atoms with van der Waals surface area (Å²) in [5.41, 5.74) is 0.358. The van der Waals surface area contributed by atoms with Crippen molar-refractivity contribution in [2.45, 2.75) is 51.4 Å². The molecular formula is C18H28N2O6. The lowest BCUT2D eigenvalue weighted by atomic mass is 9.90. The maximum absolute atomic E-state index is 12.2. The smallest absolute Gasteiger partial charge is 0.345 e. The molecule has 2 fully saturated rings. The summed E-state index contributed by atoms with van der Waals surface area (Å²) in [6.07, 6.45) is 5.14. The minimum Gasteiger partial charge on any atom is -0.474 e. The number of esters is 1. The fourth-order valence-corrected chi connectivity index (χ4v) is 3.45. The molecule has 1 saturated carbocycles. The van der Waals surface area contributed by atoms with Gasteiger partial charge in [0.2, 0.25) is 5.88 Å². The Morgan fingerprint density at radius 3 is 2.62 bits per heavy atom. The predicted octanol–water partition coefficient (Wildman–Crippen LogP) is 2.33. The molecule has 1 aromatic heterocycles. The van der Waals surface area contributed by atoms with Gasteiger partial charge in [-0.3, -0.25) is 4.68 Å². The monoisotopic (exact) mass is 368 g/mol. The van der Waals surface area contributed by atoms with E-state index in [2.05, 4.69) is 5.10 Å². The van der Waals surface area contributed by atoms with Crippen LogP contribution < -0.4 is 4.74 Å². The molecule has 0 N–H and O–H groups in total. The molecule has 1 aliphatic carbocycles. The molecule has 0 unspecified atom stereocenters. The second-order valence-corrected chi connectivity index (χ2v) is 6.43. The third-order valence-electron chi connectivity index (χ3n) is 4.77. The van der Waals surface area contributed by atoms with Crippen LogP contribution in [0.25, 0.3) is 0 Å². The van der Waals surface area contributed by atoms with Crippen molar-refractivity contribution >= 4 is 5.97 Å². The summed E-state index contributed by atoms with van der Waals surface area (Å²) < 4.78 is 29.4. The lowest BCUT2D eigenvalue weighted by Crippen LogP contribution is -2.35. The fourth-order valence-electron chi connectivity index (χ4n) is 3.45. The van der Waals surface area contributed by atoms with Crippen molar-refractivity contribution < 1.29 is 28.5 Å². The normalized spacial score (nSPS) is 19.8. The van der Waals surface area contributed by atoms with Gasteiger partial charge in [0.15, 0.2) is 5.79 Å². The lowest BCUT2D eigenvalue weighted by molar-refractivity contribution is -0.181. The molecular weight excluding hydrogens is 340 g/mol. The summed E-state index contributed by atoms with van der Waals surface area (Å²) in [6.45, 7) is 6.75. The summed E-state index contributed by atoms with van der Waals surface area (Å²) in [7, 11) is 0. The molecule has 0 bridgehead atoms. The quantitative estimate of drug-likeness (QED) is 0.514. The molecule has 1 aliphatic heterocycles. The zero-order valence-corrected chi connectivity index (χ0v) is 15.6. The van der Waals surface area contributed by atoms with Gasteiger partial charge in [-0.15, -0.1) is 5.10 Å². The first-order valence-electron chi connectivity index (χ1n) is 9.42. The molecule has 8 nitrogen and oxygen atoms in total. The van der Waals surface area contributed by atoms with E-state index in [0.717, 1.165) is 25.7 Å². The fraction of sp³-hybridized carbons (Fsp3) is 0.778. The van der Waals surface area contributed by atoms with Crippen LogP contribution in [0.15, 0.2) is 6.20 Å². The first kappa shape index (κ1) is 19.1. The van der Waals surface area contributed by atoms with E-state index < -0.39 is 11.8 Å². The van der Waals surface area contributed by atoms with E-state index in [1.54, 1.807) is 13.1 Å². The Labute approximate surface area is 153 Å². The predicted molar refractivity (Wildman–Crippen MR) is 92.3 cm³/mol. The SMILES string of the molecule is CCOCCOc1nn(C2CCC3(CC2)OCCO3)cc1C(=O)OCC. The van der Waals surface area contributed by atoms with Gasteiger partial charge in [0.05, 0.1) is 32.5 Å². The van der Waals surface area contributed by atoms with Crippen molar-refractivity contribution in [3.8, 4) is 5.88 Å². The van der Waals surface area contributed by atoms with E-state index >= 15 is 0 Å². The standard InChI is InChI=1S/C18H28N2O6/c1-3-22-9-10-24-16-15(17(21)23-4-2)13-20(19-16)14-5-7-18(8-6-14)25-11-12-26-18/h13-14H,3-12H2,1-2H3. The average Bonchev–Trinajstić information content (AvgIpc) is 3.27. The van der Waals surface area contributed by atoms with Gasteiger partial charge in [-0.2, -0.15) is 0 Å². The van der Waals surface area contributed by atoms with Crippen LogP contribution in [0.5, 0.6) is 5.88 Å². The van der Waals surface area contributed by atoms with Crippen LogP contribution in [0, 0.1) is 0 Å². The van der Waals surface area contributed by atoms with E-state index in [9.17, 15) is 4.79 Å². The second kappa shape index (κ2) is 8.83. The van der Waals surface area contributed by atoms with E-state index in [0.29, 0.717) is 51.1 Å². The van der Waals surface area contributed by atoms with E-state index in [-0.39, 0.29) is 6.04 Å². The van der Waals surface area contributed by atoms with Gasteiger partial charge < -0.3 is 23.7 Å². The van der Waals surface area contributed by atoms with Crippen LogP contribution in [0.2, 0.25) is 0 Å². The van der Waals surface area contributed by atoms with Crippen LogP contribution in [0.3, 0.4) is 0 Å². The summed E-state index contributed by atoms with van der Waals surface area (Å²) in [5.74, 6) is -0.526. The Balaban J connectivity index is 1.67. The summed E-state index contributed by atoms with van der Waals surface area (Å²) >= 11 is 0. The van der Waals surface area contributed by atoms with Crippen LogP contribution in [-0.4, -0.2) is 61.2 Å². The number of ether oxygens (including phenoxy) is 5. The van der Waals surface area contributed by atoms with Crippen molar-refractivity contribution in [1.82, 2.24) is 9.78 Å². The van der Waals surface area contributed by atoms with Crippen molar-refractivity contribution in [3.63, 3.8) is 0 Å². The van der Waals surface area contributed by atoms with Gasteiger partial charge in [0.25, 0.3) is 0 Å². The Hall–Kier alpha value is -1.64. The number of nitrogens with zero attached hydrogens (tertiary/aromatic N) is 2. The van der Waals surface area contributed by atoms with E-state index in [1.807, 2.05) is 11.6 Å². The molecule has 2 heterocycles. The molecule has 0 atom stereocenters. The summed E-state index contributed by atoms with van der Waals surface area (Å²) in [6, 6.07) is 0.186. The zero-order chi connectivity index (χ0) is 18.4. The Bertz CT molecular complexity index is 587. The maximum atomic E-state index is 12.2. The Morgan fingerprint density at radius 1 is 1.23 bits per heavy atom. The molecule has 3 rings (SSSR count). The molecule has 146 valence electrons. The van der Waals surface area contributed by atoms with E-state index in [1.165, 1.54) is 0 Å². The first-order valence-corrected chi connectivity index (χ1v) is 9.42. The van der Waals surface area contributed by atoms with Crippen molar-refractivity contribution in [1.29, 1.82) is 0 Å². The number of carbonyl (C=O) groups is 1. The summed E-state index contributed by atoms with van der Waals surface area (Å²) in [4.78, 5) is 12.2. The topological polar surface area (TPSA) is 81.0 Å². The number of hydrogen-bond acceptors (Lipinski definition) is 7. The minimum atomic E-state index is -0.417. The molecule has 1 aromatic rings. The van der Waals surface area contributed by atoms with Gasteiger partial charge in [-0.1, -0.05) is 0 Å². The zero-order valence-electron chi connectivity index (χ0n) is 15.6. The van der Waals surface area contributed by atoms with Crippen LogP contribution in [0.4, 0.5) is 0 Å².